The summed E-state index contributed by atoms with van der Waals surface area (Å²) in [4.78, 5) is 11.2. The number of aryl methyl sites for hydroxylation is 2. The van der Waals surface area contributed by atoms with Gasteiger partial charge in [-0.25, -0.2) is 0 Å². The van der Waals surface area contributed by atoms with Crippen LogP contribution in [0.3, 0.4) is 0 Å². The summed E-state index contributed by atoms with van der Waals surface area (Å²) in [6.45, 7) is 6.96. The molecule has 1 aromatic carbocycles. The van der Waals surface area contributed by atoms with Crippen molar-refractivity contribution in [3.63, 3.8) is 0 Å². The molecule has 0 aliphatic carbocycles. The summed E-state index contributed by atoms with van der Waals surface area (Å²) in [5, 5.41) is 6.87. The number of thiocarbonyl (C=S) groups is 1. The first-order valence-electron chi connectivity index (χ1n) is 6.81. The highest BCUT2D eigenvalue weighted by Gasteiger charge is 2.05. The third-order valence-electron chi connectivity index (χ3n) is 2.87. The maximum absolute atomic E-state index is 11.2. The van der Waals surface area contributed by atoms with Gasteiger partial charge in [-0.3, -0.25) is 4.79 Å². The second kappa shape index (κ2) is 8.53. The van der Waals surface area contributed by atoms with E-state index in [9.17, 15) is 4.79 Å². The van der Waals surface area contributed by atoms with Crippen molar-refractivity contribution in [1.82, 2.24) is 5.32 Å². The Kier molecular flexibility index (Phi) is 7.01. The minimum absolute atomic E-state index is 0.164. The van der Waals surface area contributed by atoms with Crippen LogP contribution in [0.4, 0.5) is 5.69 Å². The van der Waals surface area contributed by atoms with E-state index in [1.807, 2.05) is 32.0 Å². The van der Waals surface area contributed by atoms with E-state index >= 15 is 0 Å². The number of esters is 1. The first-order valence-corrected chi connectivity index (χ1v) is 7.22. The molecular weight excluding hydrogens is 272 g/mol. The van der Waals surface area contributed by atoms with Crippen LogP contribution in [0.1, 0.15) is 30.9 Å². The van der Waals surface area contributed by atoms with Crippen molar-refractivity contribution < 1.29 is 9.53 Å². The molecule has 1 rings (SSSR count). The Morgan fingerprint density at radius 1 is 1.30 bits per heavy atom. The third-order valence-corrected chi connectivity index (χ3v) is 3.11. The molecule has 0 saturated carbocycles. The molecule has 2 N–H and O–H groups in total. The molecule has 0 heterocycles. The van der Waals surface area contributed by atoms with Crippen LogP contribution in [0.15, 0.2) is 18.2 Å². The van der Waals surface area contributed by atoms with E-state index in [-0.39, 0.29) is 5.97 Å². The number of carbonyl (C=O) groups excluding carboxylic acids is 1. The van der Waals surface area contributed by atoms with E-state index in [1.165, 1.54) is 0 Å². The fourth-order valence-corrected chi connectivity index (χ4v) is 2.04. The van der Waals surface area contributed by atoms with E-state index in [4.69, 9.17) is 17.0 Å². The van der Waals surface area contributed by atoms with E-state index in [0.717, 1.165) is 16.8 Å². The van der Waals surface area contributed by atoms with E-state index in [0.29, 0.717) is 31.1 Å². The molecule has 1 aromatic rings. The Hall–Kier alpha value is -1.62. The molecule has 0 amide bonds. The second-order valence-corrected chi connectivity index (χ2v) is 4.96. The van der Waals surface area contributed by atoms with E-state index in [1.54, 1.807) is 6.92 Å². The van der Waals surface area contributed by atoms with Gasteiger partial charge in [-0.2, -0.15) is 0 Å². The smallest absolute Gasteiger partial charge is 0.305 e. The summed E-state index contributed by atoms with van der Waals surface area (Å²) >= 11 is 5.25. The maximum Gasteiger partial charge on any atom is 0.305 e. The van der Waals surface area contributed by atoms with Crippen LogP contribution in [-0.2, 0) is 9.53 Å². The second-order valence-electron chi connectivity index (χ2n) is 4.56. The molecule has 0 radical (unpaired) electrons. The molecule has 110 valence electrons. The van der Waals surface area contributed by atoms with Crippen LogP contribution < -0.4 is 10.6 Å². The zero-order chi connectivity index (χ0) is 15.0. The van der Waals surface area contributed by atoms with Gasteiger partial charge in [0.1, 0.15) is 0 Å². The first-order chi connectivity index (χ1) is 9.54. The van der Waals surface area contributed by atoms with Gasteiger partial charge in [-0.1, -0.05) is 18.2 Å². The summed E-state index contributed by atoms with van der Waals surface area (Å²) < 4.78 is 4.86. The predicted octanol–water partition coefficient (Wildman–Crippen LogP) is 2.93. The summed E-state index contributed by atoms with van der Waals surface area (Å²) in [5.41, 5.74) is 3.34. The number of hydrogen-bond donors (Lipinski definition) is 2. The monoisotopic (exact) mass is 294 g/mol. The van der Waals surface area contributed by atoms with Crippen LogP contribution in [0, 0.1) is 13.8 Å². The van der Waals surface area contributed by atoms with Gasteiger partial charge in [-0.15, -0.1) is 0 Å². The Balaban J connectivity index is 2.32. The van der Waals surface area contributed by atoms with Gasteiger partial charge in [0.05, 0.1) is 6.61 Å². The number of hydrogen-bond acceptors (Lipinski definition) is 3. The summed E-state index contributed by atoms with van der Waals surface area (Å²) in [6, 6.07) is 6.10. The number of para-hydroxylation sites is 1. The Bertz CT molecular complexity index is 455. The van der Waals surface area contributed by atoms with Gasteiger partial charge in [0.25, 0.3) is 0 Å². The minimum Gasteiger partial charge on any atom is -0.466 e. The lowest BCUT2D eigenvalue weighted by Gasteiger charge is -2.14. The van der Waals surface area contributed by atoms with E-state index in [2.05, 4.69) is 10.6 Å². The average molecular weight is 294 g/mol. The highest BCUT2D eigenvalue weighted by atomic mass is 32.1. The molecule has 0 saturated heterocycles. The molecular formula is C15H22N2O2S. The summed E-state index contributed by atoms with van der Waals surface area (Å²) in [6.07, 6.45) is 1.11. The van der Waals surface area contributed by atoms with Crippen molar-refractivity contribution >= 4 is 29.0 Å². The number of anilines is 1. The Labute approximate surface area is 125 Å². The molecule has 0 atom stereocenters. The minimum atomic E-state index is -0.164. The van der Waals surface area contributed by atoms with E-state index < -0.39 is 0 Å². The van der Waals surface area contributed by atoms with Crippen LogP contribution >= 0.6 is 12.2 Å². The van der Waals surface area contributed by atoms with Crippen molar-refractivity contribution in [2.75, 3.05) is 18.5 Å². The number of rotatable bonds is 6. The van der Waals surface area contributed by atoms with Gasteiger partial charge < -0.3 is 15.4 Å². The molecule has 5 heteroatoms. The van der Waals surface area contributed by atoms with Gasteiger partial charge in [0, 0.05) is 18.7 Å². The van der Waals surface area contributed by atoms with Crippen LogP contribution in [-0.4, -0.2) is 24.2 Å². The molecule has 0 spiro atoms. The average Bonchev–Trinajstić information content (AvgIpc) is 2.39. The maximum atomic E-state index is 11.2. The van der Waals surface area contributed by atoms with Gasteiger partial charge in [-0.05, 0) is 50.5 Å². The molecule has 0 aromatic heterocycles. The summed E-state index contributed by atoms with van der Waals surface area (Å²) in [5.74, 6) is -0.164. The normalized spacial score (nSPS) is 9.95. The van der Waals surface area contributed by atoms with Crippen molar-refractivity contribution in [2.24, 2.45) is 0 Å². The van der Waals surface area contributed by atoms with Crippen LogP contribution in [0.25, 0.3) is 0 Å². The van der Waals surface area contributed by atoms with Crippen LogP contribution in [0.5, 0.6) is 0 Å². The van der Waals surface area contributed by atoms with Crippen molar-refractivity contribution in [1.29, 1.82) is 0 Å². The van der Waals surface area contributed by atoms with Crippen molar-refractivity contribution in [3.05, 3.63) is 29.3 Å². The zero-order valence-corrected chi connectivity index (χ0v) is 13.1. The first kappa shape index (κ1) is 16.4. The number of ether oxygens (including phenoxy) is 1. The highest BCUT2D eigenvalue weighted by Crippen LogP contribution is 2.19. The molecule has 0 fully saturated rings. The molecule has 0 bridgehead atoms. The quantitative estimate of drug-likeness (QED) is 0.480. The fourth-order valence-electron chi connectivity index (χ4n) is 1.84. The fraction of sp³-hybridized carbons (Fsp3) is 0.467. The largest absolute Gasteiger partial charge is 0.466 e. The lowest BCUT2D eigenvalue weighted by Crippen LogP contribution is -2.30. The SMILES string of the molecule is CCOC(=O)CCCNC(=S)Nc1c(C)cccc1C. The summed E-state index contributed by atoms with van der Waals surface area (Å²) in [7, 11) is 0. The standard InChI is InChI=1S/C15H22N2O2S/c1-4-19-13(18)9-6-10-16-15(20)17-14-11(2)7-5-8-12(14)3/h5,7-8H,4,6,9-10H2,1-3H3,(H2,16,17,20). The lowest BCUT2D eigenvalue weighted by molar-refractivity contribution is -0.143. The third kappa shape index (κ3) is 5.57. The Morgan fingerprint density at radius 2 is 1.95 bits per heavy atom. The predicted molar refractivity (Wildman–Crippen MR) is 86.0 cm³/mol. The van der Waals surface area contributed by atoms with Crippen LogP contribution in [0.2, 0.25) is 0 Å². The van der Waals surface area contributed by atoms with Crippen molar-refractivity contribution in [2.45, 2.75) is 33.6 Å². The Morgan fingerprint density at radius 3 is 2.55 bits per heavy atom. The molecule has 4 nitrogen and oxygen atoms in total. The zero-order valence-electron chi connectivity index (χ0n) is 12.3. The van der Waals surface area contributed by atoms with Gasteiger partial charge >= 0.3 is 5.97 Å². The van der Waals surface area contributed by atoms with Gasteiger partial charge in [0.15, 0.2) is 5.11 Å². The molecule has 20 heavy (non-hydrogen) atoms. The number of benzene rings is 1. The molecule has 0 aliphatic heterocycles. The van der Waals surface area contributed by atoms with Crippen molar-refractivity contribution in [3.8, 4) is 0 Å². The number of nitrogens with one attached hydrogen (secondary N) is 2. The lowest BCUT2D eigenvalue weighted by atomic mass is 10.1. The molecule has 0 unspecified atom stereocenters. The highest BCUT2D eigenvalue weighted by molar-refractivity contribution is 7.80. The topological polar surface area (TPSA) is 50.4 Å². The van der Waals surface area contributed by atoms with Gasteiger partial charge in [0.2, 0.25) is 0 Å². The molecule has 0 aliphatic rings. The number of carbonyl (C=O) groups is 1.